The predicted molar refractivity (Wildman–Crippen MR) is 105 cm³/mol. The van der Waals surface area contributed by atoms with E-state index in [1.165, 1.54) is 4.90 Å². The van der Waals surface area contributed by atoms with Gasteiger partial charge in [0.15, 0.2) is 12.6 Å². The molecule has 0 bridgehead atoms. The van der Waals surface area contributed by atoms with Crippen LogP contribution in [0.15, 0.2) is 35.3 Å². The van der Waals surface area contributed by atoms with Crippen LogP contribution in [0, 0.1) is 0 Å². The Morgan fingerprint density at radius 1 is 1.32 bits per heavy atom. The highest BCUT2D eigenvalue weighted by Gasteiger charge is 2.34. The van der Waals surface area contributed by atoms with E-state index < -0.39 is 12.1 Å². The van der Waals surface area contributed by atoms with E-state index in [9.17, 15) is 14.4 Å². The second-order valence-electron chi connectivity index (χ2n) is 6.55. The minimum atomic E-state index is -0.639. The van der Waals surface area contributed by atoms with Crippen molar-refractivity contribution >= 4 is 24.1 Å². The van der Waals surface area contributed by atoms with Crippen LogP contribution in [0.25, 0.3) is 0 Å². The lowest BCUT2D eigenvalue weighted by Gasteiger charge is -2.25. The van der Waals surface area contributed by atoms with Gasteiger partial charge in [-0.05, 0) is 37.8 Å². The van der Waals surface area contributed by atoms with Crippen LogP contribution in [-0.2, 0) is 14.4 Å². The number of carbonyl (C=O) groups is 3. The SMILES string of the molecule is NC(N)=NCCC[C@@H](C=O)NC(=O)[C@@H]1CCCN1C(=O)COc1ccccc1. The maximum atomic E-state index is 12.6. The molecule has 2 amide bonds. The maximum Gasteiger partial charge on any atom is 0.261 e. The number of aldehydes is 1. The third kappa shape index (κ3) is 6.57. The lowest BCUT2D eigenvalue weighted by Crippen LogP contribution is -2.50. The Hall–Kier alpha value is -3.10. The summed E-state index contributed by atoms with van der Waals surface area (Å²) in [7, 11) is 0. The highest BCUT2D eigenvalue weighted by atomic mass is 16.5. The Morgan fingerprint density at radius 2 is 2.07 bits per heavy atom. The monoisotopic (exact) mass is 389 g/mol. The Labute approximate surface area is 164 Å². The molecule has 1 aliphatic heterocycles. The van der Waals surface area contributed by atoms with Crippen molar-refractivity contribution in [1.29, 1.82) is 0 Å². The number of hydrogen-bond donors (Lipinski definition) is 3. The molecule has 1 aromatic rings. The first-order valence-corrected chi connectivity index (χ1v) is 9.29. The van der Waals surface area contributed by atoms with Crippen molar-refractivity contribution in [3.8, 4) is 5.75 Å². The molecule has 5 N–H and O–H groups in total. The van der Waals surface area contributed by atoms with E-state index >= 15 is 0 Å². The van der Waals surface area contributed by atoms with E-state index in [2.05, 4.69) is 10.3 Å². The summed E-state index contributed by atoms with van der Waals surface area (Å²) in [5.74, 6) is 0.00350. The molecule has 152 valence electrons. The average Bonchev–Trinajstić information content (AvgIpc) is 3.19. The lowest BCUT2D eigenvalue weighted by atomic mass is 10.1. The fourth-order valence-electron chi connectivity index (χ4n) is 3.06. The second kappa shape index (κ2) is 10.9. The third-order valence-electron chi connectivity index (χ3n) is 4.44. The van der Waals surface area contributed by atoms with Gasteiger partial charge < -0.3 is 31.2 Å². The van der Waals surface area contributed by atoms with Gasteiger partial charge in [0.2, 0.25) is 5.91 Å². The van der Waals surface area contributed by atoms with E-state index in [4.69, 9.17) is 16.2 Å². The molecule has 0 unspecified atom stereocenters. The van der Waals surface area contributed by atoms with Crippen LogP contribution in [0.5, 0.6) is 5.75 Å². The number of aliphatic imine (C=N–C) groups is 1. The molecule has 0 radical (unpaired) electrons. The summed E-state index contributed by atoms with van der Waals surface area (Å²) < 4.78 is 5.48. The van der Waals surface area contributed by atoms with Gasteiger partial charge >= 0.3 is 0 Å². The number of benzene rings is 1. The Balaban J connectivity index is 1.84. The van der Waals surface area contributed by atoms with E-state index in [1.54, 1.807) is 12.1 Å². The lowest BCUT2D eigenvalue weighted by molar-refractivity contribution is -0.140. The fraction of sp³-hybridized carbons (Fsp3) is 0.474. The van der Waals surface area contributed by atoms with Crippen LogP contribution < -0.4 is 21.5 Å². The van der Waals surface area contributed by atoms with Crippen molar-refractivity contribution in [3.05, 3.63) is 30.3 Å². The number of hydrogen-bond acceptors (Lipinski definition) is 5. The molecule has 2 rings (SSSR count). The van der Waals surface area contributed by atoms with Crippen LogP contribution in [0.4, 0.5) is 0 Å². The summed E-state index contributed by atoms with van der Waals surface area (Å²) >= 11 is 0. The zero-order valence-corrected chi connectivity index (χ0v) is 15.8. The van der Waals surface area contributed by atoms with E-state index in [0.717, 1.165) is 6.42 Å². The molecule has 1 aliphatic rings. The first-order valence-electron chi connectivity index (χ1n) is 9.29. The van der Waals surface area contributed by atoms with Crippen molar-refractivity contribution in [2.75, 3.05) is 19.7 Å². The largest absolute Gasteiger partial charge is 0.484 e. The first kappa shape index (κ1) is 21.2. The standard InChI is InChI=1S/C19H27N5O4/c20-19(21)22-10-4-6-14(12-25)23-18(27)16-9-5-11-24(16)17(26)13-28-15-7-2-1-3-8-15/h1-3,7-8,12,14,16H,4-6,9-11,13H2,(H,23,27)(H4,20,21,22)/t14-,16-/m0/s1. The number of ether oxygens (including phenoxy) is 1. The summed E-state index contributed by atoms with van der Waals surface area (Å²) in [5.41, 5.74) is 10.5. The molecular weight excluding hydrogens is 362 g/mol. The zero-order valence-electron chi connectivity index (χ0n) is 15.8. The molecule has 1 aromatic carbocycles. The van der Waals surface area contributed by atoms with Gasteiger partial charge in [-0.1, -0.05) is 18.2 Å². The highest BCUT2D eigenvalue weighted by Crippen LogP contribution is 2.18. The molecule has 0 spiro atoms. The minimum Gasteiger partial charge on any atom is -0.484 e. The van der Waals surface area contributed by atoms with E-state index in [1.807, 2.05) is 18.2 Å². The van der Waals surface area contributed by atoms with E-state index in [-0.39, 0.29) is 24.4 Å². The molecule has 0 aliphatic carbocycles. The van der Waals surface area contributed by atoms with Gasteiger partial charge in [-0.2, -0.15) is 0 Å². The minimum absolute atomic E-state index is 0.00970. The van der Waals surface area contributed by atoms with E-state index in [0.29, 0.717) is 44.4 Å². The molecule has 1 heterocycles. The number of nitrogens with zero attached hydrogens (tertiary/aromatic N) is 2. The Kier molecular flexibility index (Phi) is 8.26. The number of guanidine groups is 1. The first-order chi connectivity index (χ1) is 13.5. The normalized spacial score (nSPS) is 16.9. The van der Waals surface area contributed by atoms with Gasteiger partial charge in [-0.3, -0.25) is 14.6 Å². The molecular formula is C19H27N5O4. The fourth-order valence-corrected chi connectivity index (χ4v) is 3.06. The molecule has 1 saturated heterocycles. The van der Waals surface area contributed by atoms with Crippen LogP contribution in [0.1, 0.15) is 25.7 Å². The molecule has 28 heavy (non-hydrogen) atoms. The van der Waals surface area contributed by atoms with Crippen molar-refractivity contribution in [1.82, 2.24) is 10.2 Å². The third-order valence-corrected chi connectivity index (χ3v) is 4.44. The highest BCUT2D eigenvalue weighted by molar-refractivity contribution is 5.90. The number of likely N-dealkylation sites (tertiary alicyclic amines) is 1. The Bertz CT molecular complexity index is 691. The molecule has 0 saturated carbocycles. The number of nitrogens with two attached hydrogens (primary N) is 2. The van der Waals surface area contributed by atoms with Gasteiger partial charge in [0, 0.05) is 13.1 Å². The Morgan fingerprint density at radius 3 is 2.75 bits per heavy atom. The van der Waals surface area contributed by atoms with Crippen LogP contribution >= 0.6 is 0 Å². The maximum absolute atomic E-state index is 12.6. The van der Waals surface area contributed by atoms with Crippen LogP contribution in [0.3, 0.4) is 0 Å². The number of nitrogens with one attached hydrogen (secondary N) is 1. The molecule has 1 fully saturated rings. The second-order valence-corrected chi connectivity index (χ2v) is 6.55. The zero-order chi connectivity index (χ0) is 20.4. The predicted octanol–water partition coefficient (Wildman–Crippen LogP) is -0.206. The smallest absolute Gasteiger partial charge is 0.261 e. The summed E-state index contributed by atoms with van der Waals surface area (Å²) in [4.78, 5) is 41.7. The van der Waals surface area contributed by atoms with Crippen LogP contribution in [0.2, 0.25) is 0 Å². The molecule has 0 aromatic heterocycles. The quantitative estimate of drug-likeness (QED) is 0.219. The van der Waals surface area contributed by atoms with Crippen molar-refractivity contribution in [3.63, 3.8) is 0 Å². The van der Waals surface area contributed by atoms with Gasteiger partial charge in [0.1, 0.15) is 18.1 Å². The number of carbonyl (C=O) groups excluding carboxylic acids is 3. The van der Waals surface area contributed by atoms with Gasteiger partial charge in [0.25, 0.3) is 5.91 Å². The molecule has 2 atom stereocenters. The number of amides is 2. The number of para-hydroxylation sites is 1. The van der Waals surface area contributed by atoms with Crippen molar-refractivity contribution in [2.24, 2.45) is 16.5 Å². The van der Waals surface area contributed by atoms with Crippen molar-refractivity contribution in [2.45, 2.75) is 37.8 Å². The summed E-state index contributed by atoms with van der Waals surface area (Å²) in [6.45, 7) is 0.738. The van der Waals surface area contributed by atoms with Gasteiger partial charge in [-0.15, -0.1) is 0 Å². The summed E-state index contributed by atoms with van der Waals surface area (Å²) in [6, 6.07) is 7.79. The number of rotatable bonds is 10. The summed E-state index contributed by atoms with van der Waals surface area (Å²) in [6.07, 6.45) is 2.95. The molecule has 9 heteroatoms. The molecule has 9 nitrogen and oxygen atoms in total. The van der Waals surface area contributed by atoms with Gasteiger partial charge in [0.05, 0.1) is 6.04 Å². The van der Waals surface area contributed by atoms with Crippen molar-refractivity contribution < 1.29 is 19.1 Å². The van der Waals surface area contributed by atoms with Gasteiger partial charge in [-0.25, -0.2) is 0 Å². The van der Waals surface area contributed by atoms with Crippen LogP contribution in [-0.4, -0.2) is 60.7 Å². The topological polar surface area (TPSA) is 140 Å². The average molecular weight is 389 g/mol. The summed E-state index contributed by atoms with van der Waals surface area (Å²) in [5, 5.41) is 2.70.